The highest BCUT2D eigenvalue weighted by Gasteiger charge is 2.50. The lowest BCUT2D eigenvalue weighted by Gasteiger charge is -2.32. The minimum Gasteiger partial charge on any atom is -0.329 e. The molecule has 2 aliphatic heterocycles. The molecular formula is C15H15N3O2. The molecule has 102 valence electrons. The zero-order chi connectivity index (χ0) is 13.7. The third-order valence-corrected chi connectivity index (χ3v) is 4.48. The molecule has 2 bridgehead atoms. The molecule has 3 aliphatic rings. The number of rotatable bonds is 2. The van der Waals surface area contributed by atoms with Gasteiger partial charge in [-0.05, 0) is 48.5 Å². The number of pyridine rings is 1. The topological polar surface area (TPSA) is 74.0 Å². The van der Waals surface area contributed by atoms with Gasteiger partial charge in [-0.1, -0.05) is 0 Å². The fourth-order valence-corrected chi connectivity index (χ4v) is 3.37. The molecule has 0 unspecified atom stereocenters. The number of hydrogen-bond acceptors (Lipinski definition) is 3. The first-order chi connectivity index (χ1) is 9.72. The van der Waals surface area contributed by atoms with Gasteiger partial charge in [-0.2, -0.15) is 0 Å². The van der Waals surface area contributed by atoms with E-state index in [4.69, 9.17) is 0 Å². The molecule has 5 rings (SSSR count). The van der Waals surface area contributed by atoms with Crippen LogP contribution in [0.15, 0.2) is 35.3 Å². The second-order valence-electron chi connectivity index (χ2n) is 5.63. The minimum atomic E-state index is -0.110. The normalized spacial score (nSPS) is 27.3. The smallest absolute Gasteiger partial charge is 0.255 e. The molecule has 1 saturated carbocycles. The molecular weight excluding hydrogens is 254 g/mol. The van der Waals surface area contributed by atoms with Crippen LogP contribution in [0.4, 0.5) is 5.69 Å². The van der Waals surface area contributed by atoms with Crippen molar-refractivity contribution in [3.63, 3.8) is 0 Å². The number of hydrogen-bond donors (Lipinski definition) is 3. The zero-order valence-corrected chi connectivity index (χ0v) is 10.8. The van der Waals surface area contributed by atoms with E-state index in [1.807, 2.05) is 12.1 Å². The van der Waals surface area contributed by atoms with E-state index >= 15 is 0 Å². The van der Waals surface area contributed by atoms with Gasteiger partial charge in [0.1, 0.15) is 0 Å². The van der Waals surface area contributed by atoms with Gasteiger partial charge >= 0.3 is 0 Å². The van der Waals surface area contributed by atoms with Gasteiger partial charge in [-0.15, -0.1) is 0 Å². The van der Waals surface area contributed by atoms with Gasteiger partial charge in [0, 0.05) is 23.3 Å². The highest BCUT2D eigenvalue weighted by molar-refractivity contribution is 5.96. The van der Waals surface area contributed by atoms with Crippen LogP contribution in [0.5, 0.6) is 0 Å². The van der Waals surface area contributed by atoms with Gasteiger partial charge in [-0.25, -0.2) is 0 Å². The summed E-state index contributed by atoms with van der Waals surface area (Å²) >= 11 is 0. The molecule has 3 N–H and O–H groups in total. The Hall–Kier alpha value is -2.14. The number of H-pyrrole nitrogens is 1. The zero-order valence-electron chi connectivity index (χ0n) is 10.8. The Balaban J connectivity index is 1.60. The predicted molar refractivity (Wildman–Crippen MR) is 76.6 cm³/mol. The Labute approximate surface area is 115 Å². The average molecular weight is 269 g/mol. The number of nitrogens with one attached hydrogen (secondary N) is 3. The van der Waals surface area contributed by atoms with Crippen LogP contribution in [0.1, 0.15) is 6.42 Å². The number of aromatic amines is 1. The molecule has 1 aliphatic carbocycles. The van der Waals surface area contributed by atoms with Gasteiger partial charge in [-0.3, -0.25) is 9.59 Å². The predicted octanol–water partition coefficient (Wildman–Crippen LogP) is 1.07. The number of aromatic nitrogens is 1. The van der Waals surface area contributed by atoms with Crippen LogP contribution in [-0.2, 0) is 4.79 Å². The Kier molecular flexibility index (Phi) is 2.44. The number of amides is 1. The summed E-state index contributed by atoms with van der Waals surface area (Å²) < 4.78 is 0. The first-order valence-electron chi connectivity index (χ1n) is 6.88. The van der Waals surface area contributed by atoms with E-state index in [0.29, 0.717) is 17.3 Å². The summed E-state index contributed by atoms with van der Waals surface area (Å²) in [7, 11) is 0. The lowest BCUT2D eigenvalue weighted by atomic mass is 9.73. The Morgan fingerprint density at radius 3 is 2.95 bits per heavy atom. The maximum absolute atomic E-state index is 12.2. The summed E-state index contributed by atoms with van der Waals surface area (Å²) in [6.45, 7) is 0.954. The quantitative estimate of drug-likeness (QED) is 0.763. The van der Waals surface area contributed by atoms with Crippen molar-refractivity contribution >= 4 is 22.4 Å². The van der Waals surface area contributed by atoms with Crippen molar-refractivity contribution < 1.29 is 4.79 Å². The van der Waals surface area contributed by atoms with Crippen molar-refractivity contribution in [3.05, 3.63) is 40.8 Å². The van der Waals surface area contributed by atoms with Gasteiger partial charge in [0.05, 0.1) is 5.92 Å². The van der Waals surface area contributed by atoms with E-state index in [2.05, 4.69) is 15.6 Å². The lowest BCUT2D eigenvalue weighted by Crippen LogP contribution is -2.44. The second-order valence-corrected chi connectivity index (χ2v) is 5.63. The van der Waals surface area contributed by atoms with E-state index < -0.39 is 0 Å². The van der Waals surface area contributed by atoms with Crippen molar-refractivity contribution in [2.24, 2.45) is 11.8 Å². The molecule has 20 heavy (non-hydrogen) atoms. The molecule has 3 heterocycles. The number of carbonyl (C=O) groups is 1. The standard InChI is InChI=1S/C15H15N3O2/c19-14-11-2-1-10(5-8(11)3-4-16-14)18-15(20)13-9-6-12(13)17-7-9/h1-5,9,12-13,17H,6-7H2,(H,16,19)(H,18,20)/t9-,12-,13+/m0/s1. The first-order valence-corrected chi connectivity index (χ1v) is 6.88. The van der Waals surface area contributed by atoms with Gasteiger partial charge in [0.2, 0.25) is 5.91 Å². The highest BCUT2D eigenvalue weighted by Crippen LogP contribution is 2.40. The molecule has 3 atom stereocenters. The summed E-state index contributed by atoms with van der Waals surface area (Å²) in [5, 5.41) is 7.78. The van der Waals surface area contributed by atoms with Crippen molar-refractivity contribution in [1.29, 1.82) is 0 Å². The van der Waals surface area contributed by atoms with E-state index in [1.54, 1.807) is 18.3 Å². The Morgan fingerprint density at radius 1 is 1.30 bits per heavy atom. The summed E-state index contributed by atoms with van der Waals surface area (Å²) in [6, 6.07) is 7.56. The minimum absolute atomic E-state index is 0.0837. The maximum atomic E-state index is 12.2. The largest absolute Gasteiger partial charge is 0.329 e. The molecule has 3 fully saturated rings. The third kappa shape index (κ3) is 1.67. The Morgan fingerprint density at radius 2 is 2.20 bits per heavy atom. The van der Waals surface area contributed by atoms with Crippen LogP contribution in [0, 0.1) is 11.8 Å². The van der Waals surface area contributed by atoms with E-state index in [1.165, 1.54) is 0 Å². The summed E-state index contributed by atoms with van der Waals surface area (Å²) in [5.74, 6) is 0.675. The number of benzene rings is 1. The average Bonchev–Trinajstić information content (AvgIpc) is 3.02. The fraction of sp³-hybridized carbons (Fsp3) is 0.333. The fourth-order valence-electron chi connectivity index (χ4n) is 3.37. The first kappa shape index (κ1) is 11.7. The molecule has 1 amide bonds. The van der Waals surface area contributed by atoms with E-state index in [-0.39, 0.29) is 17.4 Å². The van der Waals surface area contributed by atoms with Gasteiger partial charge in [0.25, 0.3) is 5.56 Å². The number of fused-ring (bicyclic) bond motifs is 2. The van der Waals surface area contributed by atoms with Crippen LogP contribution < -0.4 is 16.2 Å². The second kappa shape index (κ2) is 4.18. The summed E-state index contributed by atoms with van der Waals surface area (Å²) in [5.41, 5.74) is 0.640. The molecule has 1 aromatic heterocycles. The molecule has 0 spiro atoms. The molecule has 2 aromatic rings. The van der Waals surface area contributed by atoms with Crippen LogP contribution in [0.25, 0.3) is 10.8 Å². The molecule has 5 heteroatoms. The van der Waals surface area contributed by atoms with Crippen LogP contribution in [0.3, 0.4) is 0 Å². The van der Waals surface area contributed by atoms with E-state index in [9.17, 15) is 9.59 Å². The monoisotopic (exact) mass is 269 g/mol. The van der Waals surface area contributed by atoms with Gasteiger partial charge in [0.15, 0.2) is 0 Å². The van der Waals surface area contributed by atoms with E-state index in [0.717, 1.165) is 24.0 Å². The molecule has 1 aromatic carbocycles. The SMILES string of the molecule is O=C(Nc1ccc2c(=O)[nH]ccc2c1)[C@@H]1[C@@H]2CN[C@H]1C2. The van der Waals surface area contributed by atoms with Gasteiger partial charge < -0.3 is 15.6 Å². The molecule has 5 nitrogen and oxygen atoms in total. The van der Waals surface area contributed by atoms with Crippen LogP contribution in [0.2, 0.25) is 0 Å². The third-order valence-electron chi connectivity index (χ3n) is 4.48. The van der Waals surface area contributed by atoms with Crippen molar-refractivity contribution in [2.45, 2.75) is 12.5 Å². The summed E-state index contributed by atoms with van der Waals surface area (Å²) in [4.78, 5) is 26.5. The van der Waals surface area contributed by atoms with Crippen LogP contribution >= 0.6 is 0 Å². The van der Waals surface area contributed by atoms with Crippen LogP contribution in [-0.4, -0.2) is 23.5 Å². The lowest BCUT2D eigenvalue weighted by molar-refractivity contribution is -0.123. The Bertz CT molecular complexity index is 738. The van der Waals surface area contributed by atoms with Crippen molar-refractivity contribution in [2.75, 3.05) is 11.9 Å². The molecule has 0 radical (unpaired) electrons. The molecule has 2 saturated heterocycles. The summed E-state index contributed by atoms with van der Waals surface area (Å²) in [6.07, 6.45) is 2.73. The highest BCUT2D eigenvalue weighted by atomic mass is 16.2. The maximum Gasteiger partial charge on any atom is 0.255 e. The number of anilines is 1. The van der Waals surface area contributed by atoms with Crippen molar-refractivity contribution in [1.82, 2.24) is 10.3 Å². The number of carbonyl (C=O) groups excluding carboxylic acids is 1. The van der Waals surface area contributed by atoms with Crippen molar-refractivity contribution in [3.8, 4) is 0 Å².